The predicted molar refractivity (Wildman–Crippen MR) is 87.7 cm³/mol. The van der Waals surface area contributed by atoms with Crippen molar-refractivity contribution in [3.8, 4) is 5.75 Å². The average Bonchev–Trinajstić information content (AvgIpc) is 2.48. The Morgan fingerprint density at radius 1 is 1.38 bits per heavy atom. The standard InChI is InChI=1S/C17H29N3O/c1-4-21-16-9-7-14(8-10-16)17(18)13-20(3)15-6-5-11-19(2)12-15/h7-10,15,17H,4-6,11-13,18H2,1-3H3. The highest BCUT2D eigenvalue weighted by molar-refractivity contribution is 5.29. The first kappa shape index (κ1) is 16.3. The molecule has 1 aliphatic heterocycles. The topological polar surface area (TPSA) is 41.7 Å². The molecule has 0 saturated carbocycles. The van der Waals surface area contributed by atoms with Crippen molar-refractivity contribution < 1.29 is 4.74 Å². The van der Waals surface area contributed by atoms with Crippen molar-refractivity contribution in [3.05, 3.63) is 29.8 Å². The second-order valence-electron chi connectivity index (χ2n) is 6.11. The number of benzene rings is 1. The molecule has 0 aromatic heterocycles. The van der Waals surface area contributed by atoms with E-state index in [0.29, 0.717) is 12.6 Å². The van der Waals surface area contributed by atoms with Crippen LogP contribution < -0.4 is 10.5 Å². The minimum atomic E-state index is 0.0536. The van der Waals surface area contributed by atoms with E-state index in [9.17, 15) is 0 Å². The summed E-state index contributed by atoms with van der Waals surface area (Å²) < 4.78 is 5.47. The molecular weight excluding hydrogens is 262 g/mol. The largest absolute Gasteiger partial charge is 0.494 e. The van der Waals surface area contributed by atoms with Gasteiger partial charge in [-0.25, -0.2) is 0 Å². The van der Waals surface area contributed by atoms with Crippen molar-refractivity contribution in [1.29, 1.82) is 0 Å². The van der Waals surface area contributed by atoms with Gasteiger partial charge in [-0.05, 0) is 58.1 Å². The van der Waals surface area contributed by atoms with Crippen LogP contribution in [0.3, 0.4) is 0 Å². The normalized spacial score (nSPS) is 21.5. The van der Waals surface area contributed by atoms with Crippen molar-refractivity contribution in [2.45, 2.75) is 31.8 Å². The molecule has 1 heterocycles. The second-order valence-corrected chi connectivity index (χ2v) is 6.11. The highest BCUT2D eigenvalue weighted by atomic mass is 16.5. The summed E-state index contributed by atoms with van der Waals surface area (Å²) in [6.07, 6.45) is 2.56. The molecular formula is C17H29N3O. The Balaban J connectivity index is 1.89. The summed E-state index contributed by atoms with van der Waals surface area (Å²) in [5.41, 5.74) is 7.54. The maximum Gasteiger partial charge on any atom is 0.119 e. The maximum atomic E-state index is 6.37. The van der Waals surface area contributed by atoms with E-state index < -0.39 is 0 Å². The lowest BCUT2D eigenvalue weighted by atomic mass is 10.0. The predicted octanol–water partition coefficient (Wildman–Crippen LogP) is 2.11. The molecule has 1 aromatic rings. The third-order valence-corrected chi connectivity index (χ3v) is 4.33. The molecule has 1 aromatic carbocycles. The van der Waals surface area contributed by atoms with Gasteiger partial charge in [0.25, 0.3) is 0 Å². The van der Waals surface area contributed by atoms with Gasteiger partial charge in [0.2, 0.25) is 0 Å². The molecule has 2 N–H and O–H groups in total. The van der Waals surface area contributed by atoms with Gasteiger partial charge in [0.1, 0.15) is 5.75 Å². The molecule has 0 aliphatic carbocycles. The monoisotopic (exact) mass is 291 g/mol. The molecule has 4 nitrogen and oxygen atoms in total. The number of nitrogens with zero attached hydrogens (tertiary/aromatic N) is 2. The number of likely N-dealkylation sites (N-methyl/N-ethyl adjacent to an activating group) is 2. The van der Waals surface area contributed by atoms with Crippen LogP contribution >= 0.6 is 0 Å². The minimum Gasteiger partial charge on any atom is -0.494 e. The molecule has 2 unspecified atom stereocenters. The van der Waals surface area contributed by atoms with Crippen LogP contribution in [0, 0.1) is 0 Å². The first-order chi connectivity index (χ1) is 10.1. The molecule has 1 fully saturated rings. The van der Waals surface area contributed by atoms with Crippen molar-refractivity contribution in [2.24, 2.45) is 5.73 Å². The number of rotatable bonds is 6. The van der Waals surface area contributed by atoms with Crippen LogP contribution in [-0.2, 0) is 0 Å². The van der Waals surface area contributed by atoms with Crippen molar-refractivity contribution in [2.75, 3.05) is 40.3 Å². The molecule has 118 valence electrons. The number of hydrogen-bond donors (Lipinski definition) is 1. The highest BCUT2D eigenvalue weighted by Gasteiger charge is 2.22. The Morgan fingerprint density at radius 3 is 2.71 bits per heavy atom. The minimum absolute atomic E-state index is 0.0536. The van der Waals surface area contributed by atoms with E-state index in [1.54, 1.807) is 0 Å². The molecule has 0 amide bonds. The zero-order valence-corrected chi connectivity index (χ0v) is 13.6. The van der Waals surface area contributed by atoms with Gasteiger partial charge in [-0.1, -0.05) is 12.1 Å². The lowest BCUT2D eigenvalue weighted by Crippen LogP contribution is -2.46. The molecule has 21 heavy (non-hydrogen) atoms. The average molecular weight is 291 g/mol. The number of likely N-dealkylation sites (tertiary alicyclic amines) is 1. The zero-order valence-electron chi connectivity index (χ0n) is 13.6. The van der Waals surface area contributed by atoms with Crippen LogP contribution in [0.2, 0.25) is 0 Å². The van der Waals surface area contributed by atoms with Crippen LogP contribution in [0.1, 0.15) is 31.4 Å². The summed E-state index contributed by atoms with van der Waals surface area (Å²) in [6.45, 7) is 5.95. The number of hydrogen-bond acceptors (Lipinski definition) is 4. The van der Waals surface area contributed by atoms with Gasteiger partial charge < -0.3 is 20.3 Å². The third-order valence-electron chi connectivity index (χ3n) is 4.33. The Bertz CT molecular complexity index is 421. The number of nitrogens with two attached hydrogens (primary N) is 1. The van der Waals surface area contributed by atoms with Crippen LogP contribution in [0.25, 0.3) is 0 Å². The van der Waals surface area contributed by atoms with Gasteiger partial charge in [0, 0.05) is 25.2 Å². The zero-order chi connectivity index (χ0) is 15.2. The fraction of sp³-hybridized carbons (Fsp3) is 0.647. The lowest BCUT2D eigenvalue weighted by Gasteiger charge is -2.37. The van der Waals surface area contributed by atoms with E-state index in [0.717, 1.165) is 18.8 Å². The SMILES string of the molecule is CCOc1ccc(C(N)CN(C)C2CCCN(C)C2)cc1. The van der Waals surface area contributed by atoms with E-state index in [1.165, 1.54) is 24.9 Å². The van der Waals surface area contributed by atoms with Crippen LogP contribution in [-0.4, -0.2) is 56.2 Å². The molecule has 1 aliphatic rings. The van der Waals surface area contributed by atoms with Gasteiger partial charge in [-0.2, -0.15) is 0 Å². The smallest absolute Gasteiger partial charge is 0.119 e. The van der Waals surface area contributed by atoms with Crippen LogP contribution in [0.5, 0.6) is 5.75 Å². The Kier molecular flexibility index (Phi) is 6.03. The van der Waals surface area contributed by atoms with Gasteiger partial charge in [-0.3, -0.25) is 0 Å². The number of ether oxygens (including phenoxy) is 1. The highest BCUT2D eigenvalue weighted by Crippen LogP contribution is 2.19. The molecule has 2 atom stereocenters. The summed E-state index contributed by atoms with van der Waals surface area (Å²) in [7, 11) is 4.39. The van der Waals surface area contributed by atoms with E-state index in [4.69, 9.17) is 10.5 Å². The van der Waals surface area contributed by atoms with Crippen molar-refractivity contribution in [3.63, 3.8) is 0 Å². The first-order valence-corrected chi connectivity index (χ1v) is 7.97. The molecule has 1 saturated heterocycles. The summed E-state index contributed by atoms with van der Waals surface area (Å²) in [6, 6.07) is 8.85. The molecule has 4 heteroatoms. The quantitative estimate of drug-likeness (QED) is 0.871. The maximum absolute atomic E-state index is 6.37. The van der Waals surface area contributed by atoms with Crippen molar-refractivity contribution in [1.82, 2.24) is 9.80 Å². The van der Waals surface area contributed by atoms with E-state index in [-0.39, 0.29) is 6.04 Å². The fourth-order valence-corrected chi connectivity index (χ4v) is 3.04. The molecule has 0 bridgehead atoms. The Labute approximate surface area is 128 Å². The molecule has 2 rings (SSSR count). The second kappa shape index (κ2) is 7.78. The third kappa shape index (κ3) is 4.70. The lowest BCUT2D eigenvalue weighted by molar-refractivity contribution is 0.129. The summed E-state index contributed by atoms with van der Waals surface area (Å²) in [5.74, 6) is 0.913. The summed E-state index contributed by atoms with van der Waals surface area (Å²) in [4.78, 5) is 4.82. The molecule has 0 spiro atoms. The van der Waals surface area contributed by atoms with Gasteiger partial charge >= 0.3 is 0 Å². The summed E-state index contributed by atoms with van der Waals surface area (Å²) in [5, 5.41) is 0. The fourth-order valence-electron chi connectivity index (χ4n) is 3.04. The number of piperidine rings is 1. The van der Waals surface area contributed by atoms with Gasteiger partial charge in [0.05, 0.1) is 6.61 Å². The van der Waals surface area contributed by atoms with Gasteiger partial charge in [0.15, 0.2) is 0 Å². The van der Waals surface area contributed by atoms with Crippen LogP contribution in [0.15, 0.2) is 24.3 Å². The Morgan fingerprint density at radius 2 is 2.10 bits per heavy atom. The van der Waals surface area contributed by atoms with Crippen LogP contribution in [0.4, 0.5) is 0 Å². The van der Waals surface area contributed by atoms with Gasteiger partial charge in [-0.15, -0.1) is 0 Å². The summed E-state index contributed by atoms with van der Waals surface area (Å²) >= 11 is 0. The van der Waals surface area contributed by atoms with Crippen molar-refractivity contribution >= 4 is 0 Å². The van der Waals surface area contributed by atoms with E-state index in [1.807, 2.05) is 19.1 Å². The Hall–Kier alpha value is -1.10. The van der Waals surface area contributed by atoms with E-state index in [2.05, 4.69) is 36.0 Å². The molecule has 0 radical (unpaired) electrons. The van der Waals surface area contributed by atoms with E-state index >= 15 is 0 Å². The first-order valence-electron chi connectivity index (χ1n) is 7.97.